The minimum atomic E-state index is -0.471. The molecular formula is C15H19FN6O. The molecule has 1 aromatic heterocycles. The maximum Gasteiger partial charge on any atom is 0.321 e. The molecule has 23 heavy (non-hydrogen) atoms. The number of carbonyl (C=O) groups is 1. The van der Waals surface area contributed by atoms with Gasteiger partial charge in [-0.2, -0.15) is 0 Å². The molecule has 1 aromatic carbocycles. The van der Waals surface area contributed by atoms with Crippen molar-refractivity contribution in [3.8, 4) is 11.4 Å². The van der Waals surface area contributed by atoms with Gasteiger partial charge in [0.05, 0.1) is 11.6 Å². The topological polar surface area (TPSA) is 75.9 Å². The van der Waals surface area contributed by atoms with Crippen LogP contribution < -0.4 is 5.32 Å². The normalized spacial score (nSPS) is 14.5. The third kappa shape index (κ3) is 3.15. The number of benzene rings is 1. The maximum absolute atomic E-state index is 14.4. The lowest BCUT2D eigenvalue weighted by Gasteiger charge is -2.16. The first-order valence-electron chi connectivity index (χ1n) is 7.70. The number of rotatable bonds is 3. The Morgan fingerprint density at radius 1 is 1.30 bits per heavy atom. The van der Waals surface area contributed by atoms with E-state index in [1.165, 1.54) is 6.07 Å². The summed E-state index contributed by atoms with van der Waals surface area (Å²) < 4.78 is 16.0. The standard InChI is InChI=1S/C15H19FN6O/c1-10(2)22-14(18-19-20-22)12-6-5-11(9-13(12)16)17-15(23)21-7-3-4-8-21/h5-6,9-10H,3-4,7-8H2,1-2H3,(H,17,23). The zero-order valence-corrected chi connectivity index (χ0v) is 13.2. The lowest BCUT2D eigenvalue weighted by Crippen LogP contribution is -2.32. The highest BCUT2D eigenvalue weighted by Crippen LogP contribution is 2.25. The van der Waals surface area contributed by atoms with Gasteiger partial charge < -0.3 is 10.2 Å². The summed E-state index contributed by atoms with van der Waals surface area (Å²) in [6.45, 7) is 5.33. The van der Waals surface area contributed by atoms with Crippen LogP contribution in [0.3, 0.4) is 0 Å². The van der Waals surface area contributed by atoms with E-state index in [0.717, 1.165) is 25.9 Å². The second-order valence-corrected chi connectivity index (χ2v) is 5.86. The number of carbonyl (C=O) groups excluding carboxylic acids is 1. The van der Waals surface area contributed by atoms with E-state index in [-0.39, 0.29) is 12.1 Å². The lowest BCUT2D eigenvalue weighted by molar-refractivity contribution is 0.222. The highest BCUT2D eigenvalue weighted by atomic mass is 19.1. The Morgan fingerprint density at radius 2 is 2.04 bits per heavy atom. The van der Waals surface area contributed by atoms with Crippen molar-refractivity contribution in [3.63, 3.8) is 0 Å². The quantitative estimate of drug-likeness (QED) is 0.944. The van der Waals surface area contributed by atoms with Gasteiger partial charge in [-0.15, -0.1) is 5.10 Å². The summed E-state index contributed by atoms with van der Waals surface area (Å²) in [7, 11) is 0. The third-order valence-electron chi connectivity index (χ3n) is 3.84. The molecule has 7 nitrogen and oxygen atoms in total. The Hall–Kier alpha value is -2.51. The predicted molar refractivity (Wildman–Crippen MR) is 83.4 cm³/mol. The summed E-state index contributed by atoms with van der Waals surface area (Å²) in [5.74, 6) is -0.101. The van der Waals surface area contributed by atoms with Gasteiger partial charge in [-0.05, 0) is 55.3 Å². The number of hydrogen-bond acceptors (Lipinski definition) is 4. The Morgan fingerprint density at radius 3 is 2.70 bits per heavy atom. The monoisotopic (exact) mass is 318 g/mol. The molecular weight excluding hydrogens is 299 g/mol. The number of aromatic nitrogens is 4. The highest BCUT2D eigenvalue weighted by molar-refractivity contribution is 5.89. The van der Waals surface area contributed by atoms with Crippen molar-refractivity contribution in [2.75, 3.05) is 18.4 Å². The van der Waals surface area contributed by atoms with Gasteiger partial charge in [0.15, 0.2) is 5.82 Å². The molecule has 2 amide bonds. The largest absolute Gasteiger partial charge is 0.325 e. The van der Waals surface area contributed by atoms with E-state index in [1.54, 1.807) is 21.7 Å². The van der Waals surface area contributed by atoms with Gasteiger partial charge in [0, 0.05) is 18.8 Å². The van der Waals surface area contributed by atoms with Crippen molar-refractivity contribution in [1.82, 2.24) is 25.1 Å². The summed E-state index contributed by atoms with van der Waals surface area (Å²) >= 11 is 0. The molecule has 0 bridgehead atoms. The predicted octanol–water partition coefficient (Wildman–Crippen LogP) is 2.69. The minimum absolute atomic E-state index is 0.0222. The first-order valence-corrected chi connectivity index (χ1v) is 7.70. The fourth-order valence-electron chi connectivity index (χ4n) is 2.62. The van der Waals surface area contributed by atoms with Crippen molar-refractivity contribution < 1.29 is 9.18 Å². The fourth-order valence-corrected chi connectivity index (χ4v) is 2.62. The van der Waals surface area contributed by atoms with E-state index in [0.29, 0.717) is 17.1 Å². The van der Waals surface area contributed by atoms with Gasteiger partial charge in [0.25, 0.3) is 0 Å². The molecule has 2 aromatic rings. The van der Waals surface area contributed by atoms with Gasteiger partial charge >= 0.3 is 6.03 Å². The number of anilines is 1. The van der Waals surface area contributed by atoms with Crippen LogP contribution in [0, 0.1) is 5.82 Å². The smallest absolute Gasteiger partial charge is 0.321 e. The third-order valence-corrected chi connectivity index (χ3v) is 3.84. The molecule has 0 spiro atoms. The first kappa shape index (κ1) is 15.4. The van der Waals surface area contributed by atoms with Gasteiger partial charge in [0.1, 0.15) is 5.82 Å². The van der Waals surface area contributed by atoms with Crippen LogP contribution in [0.4, 0.5) is 14.9 Å². The fraction of sp³-hybridized carbons (Fsp3) is 0.467. The maximum atomic E-state index is 14.4. The van der Waals surface area contributed by atoms with Gasteiger partial charge in [-0.1, -0.05) is 0 Å². The minimum Gasteiger partial charge on any atom is -0.325 e. The van der Waals surface area contributed by atoms with Gasteiger partial charge in [0.2, 0.25) is 0 Å². The summed E-state index contributed by atoms with van der Waals surface area (Å²) in [6.07, 6.45) is 2.02. The van der Waals surface area contributed by atoms with Crippen molar-refractivity contribution in [3.05, 3.63) is 24.0 Å². The molecule has 0 saturated carbocycles. The van der Waals surface area contributed by atoms with Gasteiger partial charge in [-0.3, -0.25) is 0 Å². The molecule has 1 aliphatic rings. The number of nitrogens with one attached hydrogen (secondary N) is 1. The SMILES string of the molecule is CC(C)n1nnnc1-c1ccc(NC(=O)N2CCCC2)cc1F. The first-order chi connectivity index (χ1) is 11.1. The molecule has 1 aliphatic heterocycles. The molecule has 8 heteroatoms. The van der Waals surface area contributed by atoms with E-state index < -0.39 is 5.82 Å². The Bertz CT molecular complexity index is 708. The van der Waals surface area contributed by atoms with Crippen LogP contribution in [0.25, 0.3) is 11.4 Å². The van der Waals surface area contributed by atoms with Crippen molar-refractivity contribution in [2.24, 2.45) is 0 Å². The average molecular weight is 318 g/mol. The molecule has 1 N–H and O–H groups in total. The number of amides is 2. The summed E-state index contributed by atoms with van der Waals surface area (Å²) in [5.41, 5.74) is 0.731. The molecule has 3 rings (SSSR count). The van der Waals surface area contributed by atoms with Crippen LogP contribution >= 0.6 is 0 Å². The number of nitrogens with zero attached hydrogens (tertiary/aromatic N) is 5. The van der Waals surface area contributed by atoms with E-state index in [2.05, 4.69) is 20.8 Å². The second kappa shape index (κ2) is 6.31. The number of urea groups is 1. The average Bonchev–Trinajstić information content (AvgIpc) is 3.19. The van der Waals surface area contributed by atoms with E-state index >= 15 is 0 Å². The van der Waals surface area contributed by atoms with Crippen molar-refractivity contribution >= 4 is 11.7 Å². The molecule has 1 saturated heterocycles. The van der Waals surface area contributed by atoms with Crippen LogP contribution in [0.5, 0.6) is 0 Å². The van der Waals surface area contributed by atoms with Crippen molar-refractivity contribution in [1.29, 1.82) is 0 Å². The van der Waals surface area contributed by atoms with Crippen LogP contribution in [0.1, 0.15) is 32.7 Å². The number of likely N-dealkylation sites (tertiary alicyclic amines) is 1. The zero-order chi connectivity index (χ0) is 16.4. The Balaban J connectivity index is 1.80. The van der Waals surface area contributed by atoms with Gasteiger partial charge in [-0.25, -0.2) is 13.9 Å². The molecule has 1 fully saturated rings. The molecule has 0 atom stereocenters. The molecule has 0 radical (unpaired) electrons. The number of tetrazole rings is 1. The second-order valence-electron chi connectivity index (χ2n) is 5.86. The highest BCUT2D eigenvalue weighted by Gasteiger charge is 2.19. The molecule has 2 heterocycles. The van der Waals surface area contributed by atoms with E-state index in [1.807, 2.05) is 13.8 Å². The summed E-state index contributed by atoms with van der Waals surface area (Å²) in [5, 5.41) is 14.1. The van der Waals surface area contributed by atoms with Crippen LogP contribution in [-0.4, -0.2) is 44.2 Å². The summed E-state index contributed by atoms with van der Waals surface area (Å²) in [6, 6.07) is 4.36. The molecule has 0 aliphatic carbocycles. The molecule has 122 valence electrons. The van der Waals surface area contributed by atoms with Crippen LogP contribution in [0.2, 0.25) is 0 Å². The summed E-state index contributed by atoms with van der Waals surface area (Å²) in [4.78, 5) is 13.8. The van der Waals surface area contributed by atoms with E-state index in [4.69, 9.17) is 0 Å². The lowest BCUT2D eigenvalue weighted by atomic mass is 10.1. The van der Waals surface area contributed by atoms with Crippen LogP contribution in [0.15, 0.2) is 18.2 Å². The van der Waals surface area contributed by atoms with Crippen molar-refractivity contribution in [2.45, 2.75) is 32.7 Å². The van der Waals surface area contributed by atoms with E-state index in [9.17, 15) is 9.18 Å². The number of hydrogen-bond donors (Lipinski definition) is 1. The zero-order valence-electron chi connectivity index (χ0n) is 13.2. The Labute approximate surface area is 133 Å². The number of halogens is 1. The Kier molecular flexibility index (Phi) is 4.22. The van der Waals surface area contributed by atoms with Crippen LogP contribution in [-0.2, 0) is 0 Å². The molecule has 0 unspecified atom stereocenters.